The monoisotopic (exact) mass is 604 g/mol. The van der Waals surface area contributed by atoms with Crippen LogP contribution >= 0.6 is 0 Å². The van der Waals surface area contributed by atoms with E-state index < -0.39 is 0 Å². The van der Waals surface area contributed by atoms with Crippen LogP contribution in [-0.4, -0.2) is 71.4 Å². The predicted octanol–water partition coefficient (Wildman–Crippen LogP) is 4.62. The minimum absolute atomic E-state index is 0.0678. The molecule has 2 aliphatic heterocycles. The molecule has 10 nitrogen and oxygen atoms in total. The minimum atomic E-state index is -0.282. The fourth-order valence-corrected chi connectivity index (χ4v) is 6.61. The third-order valence-corrected chi connectivity index (χ3v) is 8.51. The molecule has 10 heteroatoms. The van der Waals surface area contributed by atoms with Gasteiger partial charge in [-0.05, 0) is 84.3 Å². The summed E-state index contributed by atoms with van der Waals surface area (Å²) < 4.78 is 0. The molecule has 0 aliphatic carbocycles. The van der Waals surface area contributed by atoms with Gasteiger partial charge in [0.1, 0.15) is 6.42 Å². The van der Waals surface area contributed by atoms with Crippen molar-refractivity contribution in [3.63, 3.8) is 0 Å². The highest BCUT2D eigenvalue weighted by atomic mass is 16.2. The Morgan fingerprint density at radius 2 is 0.778 bits per heavy atom. The summed E-state index contributed by atoms with van der Waals surface area (Å²) in [6, 6.07) is 14.8. The van der Waals surface area contributed by atoms with Gasteiger partial charge < -0.3 is 10.6 Å². The molecule has 5 aromatic rings. The minimum Gasteiger partial charge on any atom is -0.356 e. The Morgan fingerprint density at radius 3 is 1.02 bits per heavy atom. The second-order valence-electron chi connectivity index (χ2n) is 10.9. The fraction of sp³-hybridized carbons (Fsp3) is 0.257. The van der Waals surface area contributed by atoms with Crippen molar-refractivity contribution in [1.29, 1.82) is 0 Å². The first-order valence-electron chi connectivity index (χ1n) is 15.1. The van der Waals surface area contributed by atoms with Crippen molar-refractivity contribution >= 4 is 78.5 Å². The maximum absolute atomic E-state index is 13.1. The molecule has 0 unspecified atom stereocenters. The van der Waals surface area contributed by atoms with Crippen molar-refractivity contribution < 1.29 is 28.8 Å². The summed E-state index contributed by atoms with van der Waals surface area (Å²) >= 11 is 0. The number of carbonyl (C=O) groups is 6. The predicted molar refractivity (Wildman–Crippen MR) is 172 cm³/mol. The van der Waals surface area contributed by atoms with Crippen LogP contribution in [0.2, 0.25) is 0 Å². The highest BCUT2D eigenvalue weighted by Gasteiger charge is 2.35. The summed E-state index contributed by atoms with van der Waals surface area (Å²) in [4.78, 5) is 76.5. The zero-order valence-corrected chi connectivity index (χ0v) is 25.5. The lowest BCUT2D eigenvalue weighted by atomic mass is 9.82. The maximum atomic E-state index is 13.1. The second-order valence-corrected chi connectivity index (χ2v) is 10.9. The van der Waals surface area contributed by atoms with Crippen molar-refractivity contribution in [3.8, 4) is 0 Å². The van der Waals surface area contributed by atoms with E-state index in [2.05, 4.69) is 10.6 Å². The Morgan fingerprint density at radius 1 is 0.489 bits per heavy atom. The van der Waals surface area contributed by atoms with E-state index in [9.17, 15) is 28.8 Å². The highest BCUT2D eigenvalue weighted by Crippen LogP contribution is 2.46. The number of nitrogens with one attached hydrogen (secondary N) is 2. The number of amides is 6. The van der Waals surface area contributed by atoms with Gasteiger partial charge in [0, 0.05) is 59.2 Å². The quantitative estimate of drug-likeness (QED) is 0.126. The van der Waals surface area contributed by atoms with Gasteiger partial charge in [-0.15, -0.1) is 0 Å². The lowest BCUT2D eigenvalue weighted by Gasteiger charge is -2.29. The number of carbonyl (C=O) groups excluding carboxylic acids is 6. The molecule has 45 heavy (non-hydrogen) atoms. The van der Waals surface area contributed by atoms with Crippen molar-refractivity contribution in [1.82, 2.24) is 20.4 Å². The molecule has 0 atom stereocenters. The number of nitrogens with zero attached hydrogens (tertiary/aromatic N) is 2. The van der Waals surface area contributed by atoms with Crippen molar-refractivity contribution in [2.45, 2.75) is 34.1 Å². The third kappa shape index (κ3) is 4.39. The SMILES string of the molecule is CCN1C(=O)c2ccc3c4ccc5c6c(ccc(c7ccc(c2c37)C1=O)c64)C(=O)N(CC)C5=O.CCNC(=O)CC(=O)NCC. The average molecular weight is 605 g/mol. The van der Waals surface area contributed by atoms with Gasteiger partial charge in [0.2, 0.25) is 11.8 Å². The number of hydrogen-bond acceptors (Lipinski definition) is 6. The van der Waals surface area contributed by atoms with Gasteiger partial charge in [0.05, 0.1) is 0 Å². The average Bonchev–Trinajstić information content (AvgIpc) is 3.02. The second kappa shape index (κ2) is 11.3. The third-order valence-electron chi connectivity index (χ3n) is 8.51. The number of imide groups is 2. The molecule has 0 bridgehead atoms. The Kier molecular flexibility index (Phi) is 7.44. The van der Waals surface area contributed by atoms with Crippen LogP contribution < -0.4 is 10.6 Å². The van der Waals surface area contributed by atoms with Crippen molar-refractivity contribution in [2.24, 2.45) is 0 Å². The topological polar surface area (TPSA) is 133 Å². The number of rotatable bonds is 6. The van der Waals surface area contributed by atoms with E-state index in [1.807, 2.05) is 38.1 Å². The first-order valence-corrected chi connectivity index (χ1v) is 15.1. The van der Waals surface area contributed by atoms with E-state index in [4.69, 9.17) is 0 Å². The van der Waals surface area contributed by atoms with E-state index in [1.54, 1.807) is 38.1 Å². The zero-order valence-electron chi connectivity index (χ0n) is 25.5. The Bertz CT molecular complexity index is 1850. The van der Waals surface area contributed by atoms with Gasteiger partial charge in [-0.1, -0.05) is 24.3 Å². The number of hydrogen-bond donors (Lipinski definition) is 2. The van der Waals surface area contributed by atoms with Crippen LogP contribution in [0.5, 0.6) is 0 Å². The van der Waals surface area contributed by atoms with Crippen LogP contribution in [-0.2, 0) is 9.59 Å². The molecular formula is C35H32N4O6. The van der Waals surface area contributed by atoms with Crippen molar-refractivity contribution in [2.75, 3.05) is 26.2 Å². The van der Waals surface area contributed by atoms with Crippen molar-refractivity contribution in [3.05, 3.63) is 70.8 Å². The van der Waals surface area contributed by atoms with Gasteiger partial charge >= 0.3 is 0 Å². The Balaban J connectivity index is 0.000000281. The molecular weight excluding hydrogens is 572 g/mol. The largest absolute Gasteiger partial charge is 0.356 e. The Labute approximate surface area is 258 Å². The van der Waals surface area contributed by atoms with E-state index in [0.29, 0.717) is 59.2 Å². The Hall–Kier alpha value is -5.38. The van der Waals surface area contributed by atoms with Crippen LogP contribution in [0.25, 0.3) is 43.1 Å². The van der Waals surface area contributed by atoms with E-state index in [-0.39, 0.29) is 41.9 Å². The lowest BCUT2D eigenvalue weighted by Crippen LogP contribution is -2.40. The molecule has 0 saturated heterocycles. The molecule has 5 aromatic carbocycles. The first kappa shape index (κ1) is 29.7. The summed E-state index contributed by atoms with van der Waals surface area (Å²) in [7, 11) is 0. The molecule has 2 aliphatic rings. The molecule has 0 spiro atoms. The fourth-order valence-electron chi connectivity index (χ4n) is 6.61. The van der Waals surface area contributed by atoms with Gasteiger partial charge in [-0.25, -0.2) is 0 Å². The van der Waals surface area contributed by atoms with E-state index in [1.165, 1.54) is 9.80 Å². The summed E-state index contributed by atoms with van der Waals surface area (Å²) in [6.45, 7) is 8.98. The van der Waals surface area contributed by atoms with Gasteiger partial charge in [0.25, 0.3) is 23.6 Å². The zero-order chi connectivity index (χ0) is 32.2. The molecule has 0 radical (unpaired) electrons. The summed E-state index contributed by atoms with van der Waals surface area (Å²) in [5.41, 5.74) is 2.09. The van der Waals surface area contributed by atoms with Gasteiger partial charge in [-0.2, -0.15) is 0 Å². The maximum Gasteiger partial charge on any atom is 0.261 e. The number of benzene rings is 5. The molecule has 0 fully saturated rings. The molecule has 6 amide bonds. The number of fused-ring (bicyclic) bond motifs is 2. The standard InChI is InChI=1S/C28H18N2O4.C7H14N2O2/c1-3-29-25(31)17-9-5-13-15-7-11-19-24-20(28(34)30(4-2)27(19)33)12-8-16(22(15)24)14-6-10-18(26(29)32)23(17)21(13)14;1-3-8-6(10)5-7(11)9-4-2/h5-12H,3-4H2,1-2H3;3-5H2,1-2H3,(H,8,10)(H,9,11). The molecule has 7 rings (SSSR count). The van der Waals surface area contributed by atoms with Crippen LogP contribution in [0.1, 0.15) is 75.5 Å². The molecule has 0 aromatic heterocycles. The van der Waals surface area contributed by atoms with E-state index in [0.717, 1.165) is 32.3 Å². The van der Waals surface area contributed by atoms with Crippen LogP contribution in [0.15, 0.2) is 48.5 Å². The normalized spacial score (nSPS) is 14.0. The smallest absolute Gasteiger partial charge is 0.261 e. The van der Waals surface area contributed by atoms with Crippen LogP contribution in [0.3, 0.4) is 0 Å². The summed E-state index contributed by atoms with van der Waals surface area (Å²) in [5.74, 6) is -1.57. The van der Waals surface area contributed by atoms with Crippen LogP contribution in [0, 0.1) is 0 Å². The first-order chi connectivity index (χ1) is 21.7. The van der Waals surface area contributed by atoms with Gasteiger partial charge in [-0.3, -0.25) is 38.6 Å². The molecule has 0 saturated carbocycles. The highest BCUT2D eigenvalue weighted by molar-refractivity contribution is 6.41. The molecule has 2 heterocycles. The summed E-state index contributed by atoms with van der Waals surface area (Å²) in [6.07, 6.45) is -0.0678. The van der Waals surface area contributed by atoms with E-state index >= 15 is 0 Å². The molecule has 2 N–H and O–H groups in total. The molecule has 228 valence electrons. The van der Waals surface area contributed by atoms with Gasteiger partial charge in [0.15, 0.2) is 0 Å². The summed E-state index contributed by atoms with van der Waals surface area (Å²) in [5, 5.41) is 11.8. The van der Waals surface area contributed by atoms with Crippen LogP contribution in [0.4, 0.5) is 0 Å². The lowest BCUT2D eigenvalue weighted by molar-refractivity contribution is -0.129.